The normalized spacial score (nSPS) is 12.9. The van der Waals surface area contributed by atoms with Crippen LogP contribution in [-0.4, -0.2) is 23.0 Å². The molecule has 0 saturated carbocycles. The quantitative estimate of drug-likeness (QED) is 0.896. The van der Waals surface area contributed by atoms with Gasteiger partial charge in [-0.3, -0.25) is 0 Å². The van der Waals surface area contributed by atoms with Crippen molar-refractivity contribution in [2.24, 2.45) is 0 Å². The predicted octanol–water partition coefficient (Wildman–Crippen LogP) is 3.77. The van der Waals surface area contributed by atoms with Crippen LogP contribution < -0.4 is 5.32 Å². The van der Waals surface area contributed by atoms with Gasteiger partial charge in [0.15, 0.2) is 5.13 Å². The molecule has 0 amide bonds. The highest BCUT2D eigenvalue weighted by Gasteiger charge is 2.06. The summed E-state index contributed by atoms with van der Waals surface area (Å²) in [7, 11) is 0. The molecule has 1 N–H and O–H groups in total. The Labute approximate surface area is 104 Å². The van der Waals surface area contributed by atoms with E-state index in [1.54, 1.807) is 11.3 Å². The van der Waals surface area contributed by atoms with Gasteiger partial charge in [-0.25, -0.2) is 4.98 Å². The zero-order valence-corrected chi connectivity index (χ0v) is 11.4. The number of nitrogens with one attached hydrogen (secondary N) is 1. The van der Waals surface area contributed by atoms with Crippen LogP contribution in [0.4, 0.5) is 5.13 Å². The van der Waals surface area contributed by atoms with Crippen LogP contribution in [0.25, 0.3) is 10.2 Å². The van der Waals surface area contributed by atoms with Crippen LogP contribution in [-0.2, 0) is 0 Å². The number of anilines is 1. The fourth-order valence-corrected chi connectivity index (χ4v) is 2.68. The van der Waals surface area contributed by atoms with E-state index in [0.29, 0.717) is 5.25 Å². The second-order valence-corrected chi connectivity index (χ2v) is 6.17. The van der Waals surface area contributed by atoms with Gasteiger partial charge in [-0.1, -0.05) is 30.4 Å². The van der Waals surface area contributed by atoms with Crippen LogP contribution in [0.1, 0.15) is 12.5 Å². The zero-order valence-electron chi connectivity index (χ0n) is 9.78. The van der Waals surface area contributed by atoms with Crippen LogP contribution >= 0.6 is 23.1 Å². The summed E-state index contributed by atoms with van der Waals surface area (Å²) in [5.74, 6) is 0. The lowest BCUT2D eigenvalue weighted by Crippen LogP contribution is -2.12. The third kappa shape index (κ3) is 2.50. The Bertz CT molecular complexity index is 479. The number of aryl methyl sites for hydroxylation is 1. The highest BCUT2D eigenvalue weighted by molar-refractivity contribution is 7.99. The third-order valence-corrected chi connectivity index (χ3v) is 4.51. The summed E-state index contributed by atoms with van der Waals surface area (Å²) in [5.41, 5.74) is 2.38. The molecule has 2 nitrogen and oxygen atoms in total. The van der Waals surface area contributed by atoms with E-state index < -0.39 is 0 Å². The molecule has 2 rings (SSSR count). The van der Waals surface area contributed by atoms with E-state index in [2.05, 4.69) is 48.6 Å². The highest BCUT2D eigenvalue weighted by Crippen LogP contribution is 2.27. The van der Waals surface area contributed by atoms with E-state index in [-0.39, 0.29) is 0 Å². The second kappa shape index (κ2) is 5.06. The predicted molar refractivity (Wildman–Crippen MR) is 75.8 cm³/mol. The van der Waals surface area contributed by atoms with Gasteiger partial charge < -0.3 is 5.32 Å². The molecule has 86 valence electrons. The maximum Gasteiger partial charge on any atom is 0.183 e. The molecule has 4 heteroatoms. The molecule has 0 radical (unpaired) electrons. The number of thiazole rings is 1. The van der Waals surface area contributed by atoms with E-state index in [1.807, 2.05) is 11.8 Å². The first-order chi connectivity index (χ1) is 7.70. The Hall–Kier alpha value is -0.740. The summed E-state index contributed by atoms with van der Waals surface area (Å²) in [6, 6.07) is 6.32. The van der Waals surface area contributed by atoms with Crippen molar-refractivity contribution in [3.05, 3.63) is 23.8 Å². The van der Waals surface area contributed by atoms with E-state index >= 15 is 0 Å². The van der Waals surface area contributed by atoms with E-state index in [9.17, 15) is 0 Å². The average molecular weight is 252 g/mol. The summed E-state index contributed by atoms with van der Waals surface area (Å²) < 4.78 is 1.26. The summed E-state index contributed by atoms with van der Waals surface area (Å²) in [6.07, 6.45) is 2.13. The lowest BCUT2D eigenvalue weighted by atomic mass is 10.2. The molecule has 1 heterocycles. The fraction of sp³-hybridized carbons (Fsp3) is 0.417. The minimum atomic E-state index is 0.619. The number of hydrogen-bond acceptors (Lipinski definition) is 4. The molecular formula is C12H16N2S2. The van der Waals surface area contributed by atoms with Crippen LogP contribution in [0, 0.1) is 6.92 Å². The maximum absolute atomic E-state index is 4.62. The Morgan fingerprint density at radius 2 is 2.31 bits per heavy atom. The molecular weight excluding hydrogens is 236 g/mol. The van der Waals surface area contributed by atoms with Gasteiger partial charge in [-0.2, -0.15) is 11.8 Å². The smallest absolute Gasteiger partial charge is 0.183 e. The van der Waals surface area contributed by atoms with Crippen LogP contribution in [0.5, 0.6) is 0 Å². The Kier molecular flexibility index (Phi) is 3.71. The Morgan fingerprint density at radius 1 is 1.50 bits per heavy atom. The van der Waals surface area contributed by atoms with Gasteiger partial charge in [0.2, 0.25) is 0 Å². The first-order valence-corrected chi connectivity index (χ1v) is 7.44. The van der Waals surface area contributed by atoms with Crippen LogP contribution in [0.15, 0.2) is 18.2 Å². The number of thioether (sulfide) groups is 1. The molecule has 1 unspecified atom stereocenters. The molecule has 1 aromatic heterocycles. The lowest BCUT2D eigenvalue weighted by molar-refractivity contribution is 1.00. The van der Waals surface area contributed by atoms with Gasteiger partial charge >= 0.3 is 0 Å². The number of rotatable bonds is 4. The largest absolute Gasteiger partial charge is 0.360 e. The Balaban J connectivity index is 2.17. The number of fused-ring (bicyclic) bond motifs is 1. The first kappa shape index (κ1) is 11.7. The molecule has 16 heavy (non-hydrogen) atoms. The van der Waals surface area contributed by atoms with Crippen molar-refractivity contribution < 1.29 is 0 Å². The van der Waals surface area contributed by atoms with Crippen molar-refractivity contribution in [3.8, 4) is 0 Å². The number of para-hydroxylation sites is 1. The first-order valence-electron chi connectivity index (χ1n) is 5.33. The molecule has 0 aliphatic rings. The number of nitrogens with zero attached hydrogens (tertiary/aromatic N) is 1. The van der Waals surface area contributed by atoms with Crippen molar-refractivity contribution in [2.75, 3.05) is 18.1 Å². The molecule has 1 atom stereocenters. The van der Waals surface area contributed by atoms with E-state index in [4.69, 9.17) is 0 Å². The number of benzene rings is 1. The van der Waals surface area contributed by atoms with Gasteiger partial charge in [0, 0.05) is 11.8 Å². The molecule has 0 fully saturated rings. The van der Waals surface area contributed by atoms with Gasteiger partial charge in [0.1, 0.15) is 0 Å². The van der Waals surface area contributed by atoms with Gasteiger partial charge in [-0.05, 0) is 24.8 Å². The molecule has 0 bridgehead atoms. The Morgan fingerprint density at radius 3 is 3.00 bits per heavy atom. The van der Waals surface area contributed by atoms with Gasteiger partial charge in [0.25, 0.3) is 0 Å². The van der Waals surface area contributed by atoms with Crippen molar-refractivity contribution in [1.82, 2.24) is 4.98 Å². The van der Waals surface area contributed by atoms with Crippen LogP contribution in [0.2, 0.25) is 0 Å². The standard InChI is InChI=1S/C12H16N2S2/c1-8-5-4-6-10-11(8)14-12(16-10)13-7-9(2)15-3/h4-6,9H,7H2,1-3H3,(H,13,14). The summed E-state index contributed by atoms with van der Waals surface area (Å²) in [4.78, 5) is 4.62. The van der Waals surface area contributed by atoms with Crippen molar-refractivity contribution in [2.45, 2.75) is 19.1 Å². The lowest BCUT2D eigenvalue weighted by Gasteiger charge is -2.07. The minimum absolute atomic E-state index is 0.619. The maximum atomic E-state index is 4.62. The summed E-state index contributed by atoms with van der Waals surface area (Å²) in [5, 5.41) is 5.05. The monoisotopic (exact) mass is 252 g/mol. The molecule has 0 aliphatic heterocycles. The average Bonchev–Trinajstić information content (AvgIpc) is 2.70. The van der Waals surface area contributed by atoms with Gasteiger partial charge in [0.05, 0.1) is 10.2 Å². The minimum Gasteiger partial charge on any atom is -0.360 e. The molecule has 0 spiro atoms. The van der Waals surface area contributed by atoms with E-state index in [1.165, 1.54) is 10.3 Å². The second-order valence-electron chi connectivity index (χ2n) is 3.87. The molecule has 0 saturated heterocycles. The number of hydrogen-bond donors (Lipinski definition) is 1. The zero-order chi connectivity index (χ0) is 11.5. The summed E-state index contributed by atoms with van der Waals surface area (Å²) in [6.45, 7) is 5.30. The third-order valence-electron chi connectivity index (χ3n) is 2.56. The van der Waals surface area contributed by atoms with Gasteiger partial charge in [-0.15, -0.1) is 0 Å². The highest BCUT2D eigenvalue weighted by atomic mass is 32.2. The fourth-order valence-electron chi connectivity index (χ4n) is 1.48. The molecule has 1 aromatic carbocycles. The summed E-state index contributed by atoms with van der Waals surface area (Å²) >= 11 is 3.60. The molecule has 0 aliphatic carbocycles. The van der Waals surface area contributed by atoms with Crippen molar-refractivity contribution in [1.29, 1.82) is 0 Å². The van der Waals surface area contributed by atoms with Crippen LogP contribution in [0.3, 0.4) is 0 Å². The van der Waals surface area contributed by atoms with E-state index in [0.717, 1.165) is 17.2 Å². The number of aromatic nitrogens is 1. The SMILES string of the molecule is CSC(C)CNc1nc2c(C)cccc2s1. The topological polar surface area (TPSA) is 24.9 Å². The van der Waals surface area contributed by atoms with Crippen molar-refractivity contribution in [3.63, 3.8) is 0 Å². The van der Waals surface area contributed by atoms with Crippen molar-refractivity contribution >= 4 is 38.4 Å². The molecule has 2 aromatic rings.